The summed E-state index contributed by atoms with van der Waals surface area (Å²) in [5, 5.41) is 10.9. The van der Waals surface area contributed by atoms with Gasteiger partial charge in [-0.3, -0.25) is 9.59 Å². The molecule has 2 aromatic rings. The molecule has 0 spiro atoms. The van der Waals surface area contributed by atoms with Crippen molar-refractivity contribution in [2.75, 3.05) is 18.6 Å². The summed E-state index contributed by atoms with van der Waals surface area (Å²) in [5.74, 6) is -1.78. The van der Waals surface area contributed by atoms with E-state index in [1.165, 1.54) is 4.90 Å². The number of benzene rings is 2. The lowest BCUT2D eigenvalue weighted by atomic mass is 9.64. The molecule has 2 amide bonds. The van der Waals surface area contributed by atoms with Crippen LogP contribution in [0.15, 0.2) is 36.4 Å². The zero-order valence-corrected chi connectivity index (χ0v) is 18.8. The Hall–Kier alpha value is -2.44. The number of thiol groups is 1. The molecule has 2 unspecified atom stereocenters. The molecule has 3 aliphatic heterocycles. The van der Waals surface area contributed by atoms with E-state index in [4.69, 9.17) is 13.7 Å². The monoisotopic (exact) mass is 452 g/mol. The van der Waals surface area contributed by atoms with Gasteiger partial charge < -0.3 is 13.7 Å². The van der Waals surface area contributed by atoms with Gasteiger partial charge in [0, 0.05) is 30.7 Å². The standard InChI is InChI=1S/C24H24N2O5S/c1-3-24-18(29-2)12-23(31-24,10-11-30-32)19-20(24)22(28)26(21(19)27)17-9-8-14(13-25)15-6-4-5-7-16(15)17/h4-9,18-20,32H,3,10-12H2,1-2H3/t18-,19+,20-,23?,24?/m0/s1. The molecule has 32 heavy (non-hydrogen) atoms. The first-order valence-electron chi connectivity index (χ1n) is 10.8. The van der Waals surface area contributed by atoms with Crippen LogP contribution in [0.25, 0.3) is 10.8 Å². The van der Waals surface area contributed by atoms with Crippen molar-refractivity contribution in [3.8, 4) is 6.07 Å². The molecule has 2 bridgehead atoms. The molecule has 5 atom stereocenters. The highest BCUT2D eigenvalue weighted by Crippen LogP contribution is 2.64. The molecular weight excluding hydrogens is 428 g/mol. The van der Waals surface area contributed by atoms with Gasteiger partial charge in [-0.2, -0.15) is 5.26 Å². The lowest BCUT2D eigenvalue weighted by Crippen LogP contribution is -2.51. The Bertz CT molecular complexity index is 1160. The van der Waals surface area contributed by atoms with Gasteiger partial charge in [-0.1, -0.05) is 31.2 Å². The number of nitriles is 1. The maximum absolute atomic E-state index is 13.9. The van der Waals surface area contributed by atoms with Crippen LogP contribution in [0, 0.1) is 23.2 Å². The molecule has 3 saturated heterocycles. The van der Waals surface area contributed by atoms with Crippen LogP contribution in [0.4, 0.5) is 5.69 Å². The van der Waals surface area contributed by atoms with Gasteiger partial charge >= 0.3 is 0 Å². The summed E-state index contributed by atoms with van der Waals surface area (Å²) in [6.45, 7) is 2.26. The van der Waals surface area contributed by atoms with Gasteiger partial charge in [0.05, 0.1) is 47.5 Å². The number of rotatable bonds is 6. The predicted molar refractivity (Wildman–Crippen MR) is 120 cm³/mol. The number of anilines is 1. The number of methoxy groups -OCH3 is 1. The Morgan fingerprint density at radius 3 is 2.56 bits per heavy atom. The summed E-state index contributed by atoms with van der Waals surface area (Å²) in [6, 6.07) is 12.9. The van der Waals surface area contributed by atoms with Crippen molar-refractivity contribution < 1.29 is 23.2 Å². The summed E-state index contributed by atoms with van der Waals surface area (Å²) in [7, 11) is 1.62. The molecule has 0 aromatic heterocycles. The van der Waals surface area contributed by atoms with E-state index in [1.54, 1.807) is 19.2 Å². The maximum atomic E-state index is 13.9. The van der Waals surface area contributed by atoms with Crippen molar-refractivity contribution in [2.24, 2.45) is 11.8 Å². The molecule has 7 nitrogen and oxygen atoms in total. The molecule has 3 heterocycles. The normalized spacial score (nSPS) is 33.2. The summed E-state index contributed by atoms with van der Waals surface area (Å²) in [6.07, 6.45) is 1.23. The molecule has 2 aromatic carbocycles. The molecule has 8 heteroatoms. The highest BCUT2D eigenvalue weighted by molar-refractivity contribution is 7.75. The number of nitrogens with zero attached hydrogens (tertiary/aromatic N) is 2. The summed E-state index contributed by atoms with van der Waals surface area (Å²) >= 11 is 3.87. The van der Waals surface area contributed by atoms with Gasteiger partial charge in [0.15, 0.2) is 0 Å². The van der Waals surface area contributed by atoms with Crippen LogP contribution in [0.5, 0.6) is 0 Å². The van der Waals surface area contributed by atoms with E-state index in [0.29, 0.717) is 47.9 Å². The van der Waals surface area contributed by atoms with E-state index in [1.807, 2.05) is 31.2 Å². The maximum Gasteiger partial charge on any atom is 0.240 e. The van der Waals surface area contributed by atoms with Crippen molar-refractivity contribution in [1.29, 1.82) is 5.26 Å². The van der Waals surface area contributed by atoms with E-state index in [-0.39, 0.29) is 17.9 Å². The van der Waals surface area contributed by atoms with E-state index < -0.39 is 23.0 Å². The van der Waals surface area contributed by atoms with Gasteiger partial charge in [-0.05, 0) is 31.5 Å². The minimum atomic E-state index is -0.861. The zero-order valence-electron chi connectivity index (χ0n) is 17.9. The molecule has 3 fully saturated rings. The molecule has 5 rings (SSSR count). The fourth-order valence-electron chi connectivity index (χ4n) is 6.26. The van der Waals surface area contributed by atoms with Crippen LogP contribution in [-0.2, 0) is 23.2 Å². The quantitative estimate of drug-likeness (QED) is 0.411. The first-order valence-corrected chi connectivity index (χ1v) is 11.1. The SMILES string of the molecule is CCC12OC(CCOS)(C[C@@H]1OC)[C@H]1C(=O)N(c3ccc(C#N)c4ccccc34)C(=O)[C@H]12. The number of ether oxygens (including phenoxy) is 2. The number of imide groups is 1. The van der Waals surface area contributed by atoms with Crippen molar-refractivity contribution in [3.63, 3.8) is 0 Å². The lowest BCUT2D eigenvalue weighted by Gasteiger charge is -2.36. The molecular formula is C24H24N2O5S. The third-order valence-corrected chi connectivity index (χ3v) is 7.77. The van der Waals surface area contributed by atoms with E-state index >= 15 is 0 Å². The van der Waals surface area contributed by atoms with Crippen LogP contribution in [0.3, 0.4) is 0 Å². The Kier molecular flexibility index (Phi) is 5.06. The summed E-state index contributed by atoms with van der Waals surface area (Å²) in [4.78, 5) is 29.1. The molecule has 0 radical (unpaired) electrons. The van der Waals surface area contributed by atoms with E-state index in [9.17, 15) is 14.9 Å². The number of carbonyl (C=O) groups is 2. The first kappa shape index (κ1) is 21.4. The Balaban J connectivity index is 1.66. The number of carbonyl (C=O) groups excluding carboxylic acids is 2. The number of fused-ring (bicyclic) bond motifs is 6. The highest BCUT2D eigenvalue weighted by atomic mass is 32.1. The van der Waals surface area contributed by atoms with Crippen molar-refractivity contribution in [2.45, 2.75) is 43.5 Å². The zero-order chi connectivity index (χ0) is 22.7. The smallest absolute Gasteiger partial charge is 0.240 e. The van der Waals surface area contributed by atoms with Gasteiger partial charge in [0.25, 0.3) is 0 Å². The topological polar surface area (TPSA) is 88.9 Å². The average Bonchev–Trinajstić information content (AvgIpc) is 3.41. The summed E-state index contributed by atoms with van der Waals surface area (Å²) < 4.78 is 17.4. The van der Waals surface area contributed by atoms with Crippen molar-refractivity contribution in [1.82, 2.24) is 0 Å². The highest BCUT2D eigenvalue weighted by Gasteiger charge is 2.78. The molecule has 166 valence electrons. The molecule has 0 aliphatic carbocycles. The fraction of sp³-hybridized carbons (Fsp3) is 0.458. The Morgan fingerprint density at radius 1 is 1.19 bits per heavy atom. The van der Waals surface area contributed by atoms with Gasteiger partial charge in [0.2, 0.25) is 11.8 Å². The fourth-order valence-corrected chi connectivity index (χ4v) is 6.35. The average molecular weight is 453 g/mol. The minimum absolute atomic E-state index is 0.265. The number of amides is 2. The third-order valence-electron chi connectivity index (χ3n) is 7.58. The van der Waals surface area contributed by atoms with Crippen molar-refractivity contribution >= 4 is 41.2 Å². The first-order chi connectivity index (χ1) is 15.5. The molecule has 3 aliphatic rings. The van der Waals surface area contributed by atoms with Crippen LogP contribution < -0.4 is 4.90 Å². The van der Waals surface area contributed by atoms with E-state index in [2.05, 4.69) is 19.0 Å². The molecule has 0 saturated carbocycles. The second kappa shape index (κ2) is 7.56. The Labute approximate surface area is 191 Å². The number of hydrogen-bond acceptors (Lipinski definition) is 7. The van der Waals surface area contributed by atoms with Crippen LogP contribution in [0.1, 0.15) is 31.7 Å². The summed E-state index contributed by atoms with van der Waals surface area (Å²) in [5.41, 5.74) is -0.698. The largest absolute Gasteiger partial charge is 0.378 e. The third kappa shape index (κ3) is 2.59. The van der Waals surface area contributed by atoms with Crippen molar-refractivity contribution in [3.05, 3.63) is 42.0 Å². The lowest BCUT2D eigenvalue weighted by molar-refractivity contribution is -0.138. The van der Waals surface area contributed by atoms with Gasteiger partial charge in [-0.25, -0.2) is 4.90 Å². The predicted octanol–water partition coefficient (Wildman–Crippen LogP) is 3.41. The van der Waals surface area contributed by atoms with Crippen LogP contribution in [-0.4, -0.2) is 42.8 Å². The van der Waals surface area contributed by atoms with Gasteiger partial charge in [0.1, 0.15) is 5.60 Å². The van der Waals surface area contributed by atoms with Crippen LogP contribution >= 0.6 is 12.9 Å². The van der Waals surface area contributed by atoms with Crippen LogP contribution in [0.2, 0.25) is 0 Å². The Morgan fingerprint density at radius 2 is 1.91 bits per heavy atom. The molecule has 0 N–H and O–H groups in total. The second-order valence-corrected chi connectivity index (χ2v) is 9.00. The second-order valence-electron chi connectivity index (χ2n) is 8.74. The van der Waals surface area contributed by atoms with Gasteiger partial charge in [-0.15, -0.1) is 0 Å². The number of hydrogen-bond donors (Lipinski definition) is 1. The minimum Gasteiger partial charge on any atom is -0.378 e. The van der Waals surface area contributed by atoms with E-state index in [0.717, 1.165) is 0 Å².